The highest BCUT2D eigenvalue weighted by Crippen LogP contribution is 2.23. The predicted molar refractivity (Wildman–Crippen MR) is 146 cm³/mol. The standard InChI is InChI=1S/C31H40N2O3/c1-35-29-16-14-25(15-17-29)23-32-21-19-28(24-32)33(20-7-3-4-13-31(34)36-2)22-18-27-11-8-10-26-9-5-6-12-30(26)27/h5-6,8-12,14-17,28H,3-4,7,13,18-24H2,1-2H3. The monoisotopic (exact) mass is 488 g/mol. The van der Waals surface area contributed by atoms with Gasteiger partial charge in [-0.3, -0.25) is 14.6 Å². The third kappa shape index (κ3) is 7.31. The van der Waals surface area contributed by atoms with E-state index in [-0.39, 0.29) is 5.97 Å². The molecule has 1 saturated heterocycles. The van der Waals surface area contributed by atoms with Crippen molar-refractivity contribution in [2.75, 3.05) is 40.4 Å². The van der Waals surface area contributed by atoms with E-state index in [2.05, 4.69) is 64.4 Å². The van der Waals surface area contributed by atoms with Crippen LogP contribution in [0.3, 0.4) is 0 Å². The molecule has 0 radical (unpaired) electrons. The summed E-state index contributed by atoms with van der Waals surface area (Å²) < 4.78 is 10.1. The second-order valence-corrected chi connectivity index (χ2v) is 9.84. The van der Waals surface area contributed by atoms with Crippen LogP contribution < -0.4 is 4.74 Å². The summed E-state index contributed by atoms with van der Waals surface area (Å²) in [5.74, 6) is 0.803. The quantitative estimate of drug-likeness (QED) is 0.228. The van der Waals surface area contributed by atoms with Crippen LogP contribution in [-0.2, 0) is 22.5 Å². The molecule has 0 amide bonds. The Morgan fingerprint density at radius 1 is 0.944 bits per heavy atom. The Kier molecular flexibility index (Phi) is 9.76. The molecule has 3 aromatic rings. The molecule has 0 bridgehead atoms. The molecule has 0 spiro atoms. The number of hydrogen-bond donors (Lipinski definition) is 0. The third-order valence-electron chi connectivity index (χ3n) is 7.43. The summed E-state index contributed by atoms with van der Waals surface area (Å²) in [6, 6.07) is 24.4. The Balaban J connectivity index is 1.36. The van der Waals surface area contributed by atoms with Gasteiger partial charge in [0.25, 0.3) is 0 Å². The maximum atomic E-state index is 11.5. The van der Waals surface area contributed by atoms with Gasteiger partial charge in [0.15, 0.2) is 0 Å². The van der Waals surface area contributed by atoms with E-state index in [0.717, 1.165) is 64.2 Å². The molecule has 0 aliphatic carbocycles. The van der Waals surface area contributed by atoms with Gasteiger partial charge in [-0.05, 0) is 66.3 Å². The highest BCUT2D eigenvalue weighted by Gasteiger charge is 2.27. The second kappa shape index (κ2) is 13.4. The van der Waals surface area contributed by atoms with E-state index in [1.807, 2.05) is 12.1 Å². The lowest BCUT2D eigenvalue weighted by molar-refractivity contribution is -0.140. The van der Waals surface area contributed by atoms with Gasteiger partial charge in [-0.25, -0.2) is 0 Å². The Labute approximate surface area is 216 Å². The van der Waals surface area contributed by atoms with Crippen LogP contribution in [0, 0.1) is 0 Å². The van der Waals surface area contributed by atoms with Gasteiger partial charge in [0.2, 0.25) is 0 Å². The van der Waals surface area contributed by atoms with Crippen molar-refractivity contribution >= 4 is 16.7 Å². The van der Waals surface area contributed by atoms with Crippen molar-refractivity contribution in [2.45, 2.75) is 51.1 Å². The summed E-state index contributed by atoms with van der Waals surface area (Å²) in [6.07, 6.45) is 5.85. The molecule has 3 aromatic carbocycles. The number of carbonyl (C=O) groups is 1. The van der Waals surface area contributed by atoms with Crippen molar-refractivity contribution in [2.24, 2.45) is 0 Å². The van der Waals surface area contributed by atoms with Gasteiger partial charge < -0.3 is 9.47 Å². The molecule has 1 heterocycles. The summed E-state index contributed by atoms with van der Waals surface area (Å²) in [7, 11) is 3.18. The van der Waals surface area contributed by atoms with Crippen LogP contribution in [0.25, 0.3) is 10.8 Å². The topological polar surface area (TPSA) is 42.0 Å². The average molecular weight is 489 g/mol. The van der Waals surface area contributed by atoms with Gasteiger partial charge >= 0.3 is 5.97 Å². The normalized spacial score (nSPS) is 16.0. The largest absolute Gasteiger partial charge is 0.497 e. The molecule has 0 N–H and O–H groups in total. The predicted octanol–water partition coefficient (Wildman–Crippen LogP) is 5.70. The number of unbranched alkanes of at least 4 members (excludes halogenated alkanes) is 2. The number of rotatable bonds is 13. The maximum absolute atomic E-state index is 11.5. The van der Waals surface area contributed by atoms with Gasteiger partial charge in [0.05, 0.1) is 14.2 Å². The fourth-order valence-corrected chi connectivity index (χ4v) is 5.36. The van der Waals surface area contributed by atoms with Crippen LogP contribution in [0.4, 0.5) is 0 Å². The van der Waals surface area contributed by atoms with Crippen molar-refractivity contribution in [1.29, 1.82) is 0 Å². The van der Waals surface area contributed by atoms with Crippen LogP contribution >= 0.6 is 0 Å². The van der Waals surface area contributed by atoms with E-state index in [0.29, 0.717) is 12.5 Å². The third-order valence-corrected chi connectivity index (χ3v) is 7.43. The maximum Gasteiger partial charge on any atom is 0.305 e. The van der Waals surface area contributed by atoms with E-state index in [1.54, 1.807) is 7.11 Å². The summed E-state index contributed by atoms with van der Waals surface area (Å²) in [4.78, 5) is 16.7. The first-order valence-electron chi connectivity index (χ1n) is 13.3. The molecule has 1 atom stereocenters. The summed E-state index contributed by atoms with van der Waals surface area (Å²) in [5.41, 5.74) is 2.76. The number of hydrogen-bond acceptors (Lipinski definition) is 5. The number of methoxy groups -OCH3 is 2. The molecule has 36 heavy (non-hydrogen) atoms. The zero-order valence-electron chi connectivity index (χ0n) is 21.8. The molecule has 5 heteroatoms. The molecule has 0 aromatic heterocycles. The van der Waals surface area contributed by atoms with Crippen LogP contribution in [0.15, 0.2) is 66.7 Å². The second-order valence-electron chi connectivity index (χ2n) is 9.84. The smallest absolute Gasteiger partial charge is 0.305 e. The summed E-state index contributed by atoms with van der Waals surface area (Å²) in [5, 5.41) is 2.68. The van der Waals surface area contributed by atoms with E-state index >= 15 is 0 Å². The summed E-state index contributed by atoms with van der Waals surface area (Å²) in [6.45, 7) is 5.35. The van der Waals surface area contributed by atoms with Gasteiger partial charge in [0, 0.05) is 38.6 Å². The minimum atomic E-state index is -0.104. The number of carbonyl (C=O) groups excluding carboxylic acids is 1. The van der Waals surface area contributed by atoms with E-state index in [9.17, 15) is 4.79 Å². The van der Waals surface area contributed by atoms with Crippen molar-refractivity contribution in [1.82, 2.24) is 9.80 Å². The Morgan fingerprint density at radius 2 is 1.75 bits per heavy atom. The molecule has 1 aliphatic heterocycles. The molecule has 1 fully saturated rings. The number of ether oxygens (including phenoxy) is 2. The number of nitrogens with zero attached hydrogens (tertiary/aromatic N) is 2. The fourth-order valence-electron chi connectivity index (χ4n) is 5.36. The lowest BCUT2D eigenvalue weighted by atomic mass is 10.0. The van der Waals surface area contributed by atoms with E-state index in [4.69, 9.17) is 9.47 Å². The molecule has 1 aliphatic rings. The highest BCUT2D eigenvalue weighted by atomic mass is 16.5. The number of fused-ring (bicyclic) bond motifs is 1. The number of benzene rings is 3. The van der Waals surface area contributed by atoms with Gasteiger partial charge in [-0.1, -0.05) is 61.0 Å². The lowest BCUT2D eigenvalue weighted by Gasteiger charge is -2.29. The lowest BCUT2D eigenvalue weighted by Crippen LogP contribution is -2.39. The minimum absolute atomic E-state index is 0.104. The van der Waals surface area contributed by atoms with E-state index in [1.165, 1.54) is 35.4 Å². The molecule has 4 rings (SSSR count). The van der Waals surface area contributed by atoms with E-state index < -0.39 is 0 Å². The average Bonchev–Trinajstić information content (AvgIpc) is 3.38. The Morgan fingerprint density at radius 3 is 2.56 bits per heavy atom. The number of likely N-dealkylation sites (tertiary alicyclic amines) is 1. The van der Waals surface area contributed by atoms with Crippen molar-refractivity contribution < 1.29 is 14.3 Å². The first-order chi connectivity index (χ1) is 17.7. The van der Waals surface area contributed by atoms with Crippen LogP contribution in [0.5, 0.6) is 5.75 Å². The number of esters is 1. The SMILES string of the molecule is COC(=O)CCCCCN(CCc1cccc2ccccc12)C1CCN(Cc2ccc(OC)cc2)C1. The van der Waals surface area contributed by atoms with Crippen molar-refractivity contribution in [3.8, 4) is 5.75 Å². The van der Waals surface area contributed by atoms with Gasteiger partial charge in [-0.2, -0.15) is 0 Å². The van der Waals surface area contributed by atoms with Crippen molar-refractivity contribution in [3.05, 3.63) is 77.9 Å². The molecule has 5 nitrogen and oxygen atoms in total. The van der Waals surface area contributed by atoms with Crippen LogP contribution in [0.1, 0.15) is 43.2 Å². The molecular formula is C31H40N2O3. The zero-order chi connectivity index (χ0) is 25.2. The summed E-state index contributed by atoms with van der Waals surface area (Å²) >= 11 is 0. The first-order valence-corrected chi connectivity index (χ1v) is 13.3. The molecular weight excluding hydrogens is 448 g/mol. The Hall–Kier alpha value is -2.89. The zero-order valence-corrected chi connectivity index (χ0v) is 21.8. The van der Waals surface area contributed by atoms with Crippen molar-refractivity contribution in [3.63, 3.8) is 0 Å². The van der Waals surface area contributed by atoms with Gasteiger partial charge in [-0.15, -0.1) is 0 Å². The fraction of sp³-hybridized carbons (Fsp3) is 0.452. The van der Waals surface area contributed by atoms with Crippen LogP contribution in [-0.4, -0.2) is 62.2 Å². The highest BCUT2D eigenvalue weighted by molar-refractivity contribution is 5.85. The Bertz CT molecular complexity index is 1090. The molecule has 1 unspecified atom stereocenters. The molecule has 0 saturated carbocycles. The van der Waals surface area contributed by atoms with Crippen LogP contribution in [0.2, 0.25) is 0 Å². The minimum Gasteiger partial charge on any atom is -0.497 e. The van der Waals surface area contributed by atoms with Gasteiger partial charge in [0.1, 0.15) is 5.75 Å². The first kappa shape index (κ1) is 26.2. The molecule has 192 valence electrons.